The number of rotatable bonds is 4. The van der Waals surface area contributed by atoms with Gasteiger partial charge in [0.25, 0.3) is 0 Å². The standard InChI is InChI=1S/C12H15ClN4O/c1-4-9-5-14-10(18-9)6-15-12-7(2)11(13)16-8(3)17-12/h5H,4,6H2,1-3H3,(H,15,16,17). The molecule has 0 spiro atoms. The number of halogens is 1. The highest BCUT2D eigenvalue weighted by molar-refractivity contribution is 6.30. The molecular formula is C12H15ClN4O. The lowest BCUT2D eigenvalue weighted by atomic mass is 10.3. The Labute approximate surface area is 111 Å². The molecule has 96 valence electrons. The van der Waals surface area contributed by atoms with Crippen LogP contribution in [0.1, 0.15) is 30.0 Å². The maximum Gasteiger partial charge on any atom is 0.213 e. The van der Waals surface area contributed by atoms with Crippen LogP contribution in [0, 0.1) is 13.8 Å². The van der Waals surface area contributed by atoms with Gasteiger partial charge in [-0.25, -0.2) is 15.0 Å². The first kappa shape index (κ1) is 12.8. The van der Waals surface area contributed by atoms with Crippen LogP contribution in [-0.2, 0) is 13.0 Å². The van der Waals surface area contributed by atoms with E-state index in [1.807, 2.05) is 13.8 Å². The summed E-state index contributed by atoms with van der Waals surface area (Å²) in [4.78, 5) is 12.6. The molecule has 0 aliphatic heterocycles. The van der Waals surface area contributed by atoms with Crippen molar-refractivity contribution in [1.82, 2.24) is 15.0 Å². The fraction of sp³-hybridized carbons (Fsp3) is 0.417. The maximum absolute atomic E-state index is 6.00. The van der Waals surface area contributed by atoms with E-state index >= 15 is 0 Å². The summed E-state index contributed by atoms with van der Waals surface area (Å²) in [7, 11) is 0. The molecule has 0 unspecified atom stereocenters. The third kappa shape index (κ3) is 2.79. The summed E-state index contributed by atoms with van der Waals surface area (Å²) in [5.41, 5.74) is 0.824. The molecule has 1 N–H and O–H groups in total. The molecule has 0 aromatic carbocycles. The van der Waals surface area contributed by atoms with Crippen molar-refractivity contribution in [3.05, 3.63) is 34.4 Å². The second-order valence-electron chi connectivity index (χ2n) is 3.96. The zero-order valence-electron chi connectivity index (χ0n) is 10.6. The van der Waals surface area contributed by atoms with Gasteiger partial charge in [0, 0.05) is 12.0 Å². The first-order valence-electron chi connectivity index (χ1n) is 5.78. The Balaban J connectivity index is 2.10. The van der Waals surface area contributed by atoms with Crippen molar-refractivity contribution in [3.8, 4) is 0 Å². The summed E-state index contributed by atoms with van der Waals surface area (Å²) < 4.78 is 5.50. The smallest absolute Gasteiger partial charge is 0.213 e. The molecule has 0 saturated carbocycles. The van der Waals surface area contributed by atoms with Gasteiger partial charge in [-0.15, -0.1) is 0 Å². The molecule has 2 aromatic heterocycles. The monoisotopic (exact) mass is 266 g/mol. The average molecular weight is 267 g/mol. The van der Waals surface area contributed by atoms with Gasteiger partial charge in [-0.2, -0.15) is 0 Å². The van der Waals surface area contributed by atoms with Crippen molar-refractivity contribution in [1.29, 1.82) is 0 Å². The molecule has 0 saturated heterocycles. The van der Waals surface area contributed by atoms with Crippen LogP contribution < -0.4 is 5.32 Å². The van der Waals surface area contributed by atoms with Crippen LogP contribution in [0.15, 0.2) is 10.6 Å². The number of aromatic nitrogens is 3. The molecule has 18 heavy (non-hydrogen) atoms. The van der Waals surface area contributed by atoms with E-state index in [-0.39, 0.29) is 0 Å². The Bertz CT molecular complexity index is 553. The van der Waals surface area contributed by atoms with Crippen molar-refractivity contribution in [2.75, 3.05) is 5.32 Å². The van der Waals surface area contributed by atoms with E-state index in [1.165, 1.54) is 0 Å². The van der Waals surface area contributed by atoms with E-state index in [4.69, 9.17) is 16.0 Å². The number of nitrogens with zero attached hydrogens (tertiary/aromatic N) is 3. The van der Waals surface area contributed by atoms with Crippen molar-refractivity contribution >= 4 is 17.4 Å². The van der Waals surface area contributed by atoms with Crippen molar-refractivity contribution in [3.63, 3.8) is 0 Å². The minimum Gasteiger partial charge on any atom is -0.444 e. The van der Waals surface area contributed by atoms with Crippen LogP contribution in [0.5, 0.6) is 0 Å². The van der Waals surface area contributed by atoms with Crippen molar-refractivity contribution < 1.29 is 4.42 Å². The second-order valence-corrected chi connectivity index (χ2v) is 4.32. The summed E-state index contributed by atoms with van der Waals surface area (Å²) in [6.45, 7) is 6.18. The first-order valence-corrected chi connectivity index (χ1v) is 6.16. The van der Waals surface area contributed by atoms with E-state index < -0.39 is 0 Å². The Morgan fingerprint density at radius 3 is 2.78 bits per heavy atom. The van der Waals surface area contributed by atoms with Crippen LogP contribution >= 0.6 is 11.6 Å². The van der Waals surface area contributed by atoms with E-state index in [0.717, 1.165) is 17.7 Å². The molecule has 0 atom stereocenters. The minimum absolute atomic E-state index is 0.464. The van der Waals surface area contributed by atoms with E-state index in [0.29, 0.717) is 29.2 Å². The SMILES string of the molecule is CCc1cnc(CNc2nc(C)nc(Cl)c2C)o1. The first-order chi connectivity index (χ1) is 8.60. The predicted molar refractivity (Wildman–Crippen MR) is 69.7 cm³/mol. The predicted octanol–water partition coefficient (Wildman–Crippen LogP) is 2.91. The normalized spacial score (nSPS) is 10.7. The molecule has 2 rings (SSSR count). The van der Waals surface area contributed by atoms with Crippen LogP contribution in [-0.4, -0.2) is 15.0 Å². The summed E-state index contributed by atoms with van der Waals surface area (Å²) in [6, 6.07) is 0. The topological polar surface area (TPSA) is 63.8 Å². The third-order valence-electron chi connectivity index (χ3n) is 2.56. The molecule has 0 amide bonds. The van der Waals surface area contributed by atoms with Gasteiger partial charge in [0.05, 0.1) is 12.7 Å². The Morgan fingerprint density at radius 2 is 2.11 bits per heavy atom. The molecule has 5 nitrogen and oxygen atoms in total. The number of anilines is 1. The Hall–Kier alpha value is -1.62. The Morgan fingerprint density at radius 1 is 1.33 bits per heavy atom. The van der Waals surface area contributed by atoms with Gasteiger partial charge in [-0.1, -0.05) is 18.5 Å². The number of hydrogen-bond acceptors (Lipinski definition) is 5. The number of oxazole rings is 1. The minimum atomic E-state index is 0.464. The van der Waals surface area contributed by atoms with E-state index in [1.54, 1.807) is 13.1 Å². The van der Waals surface area contributed by atoms with Gasteiger partial charge in [0.15, 0.2) is 0 Å². The summed E-state index contributed by atoms with van der Waals surface area (Å²) in [5.74, 6) is 2.86. The maximum atomic E-state index is 6.00. The lowest BCUT2D eigenvalue weighted by Crippen LogP contribution is -2.06. The molecule has 0 bridgehead atoms. The summed E-state index contributed by atoms with van der Waals surface area (Å²) in [6.07, 6.45) is 2.58. The van der Waals surface area contributed by atoms with Crippen LogP contribution in [0.2, 0.25) is 5.15 Å². The molecule has 6 heteroatoms. The molecule has 0 fully saturated rings. The fourth-order valence-corrected chi connectivity index (χ4v) is 1.73. The average Bonchev–Trinajstić information content (AvgIpc) is 2.80. The highest BCUT2D eigenvalue weighted by Gasteiger charge is 2.08. The largest absolute Gasteiger partial charge is 0.444 e. The number of nitrogens with one attached hydrogen (secondary N) is 1. The van der Waals surface area contributed by atoms with Crippen LogP contribution in [0.4, 0.5) is 5.82 Å². The van der Waals surface area contributed by atoms with Gasteiger partial charge in [0.2, 0.25) is 5.89 Å². The van der Waals surface area contributed by atoms with Crippen molar-refractivity contribution in [2.24, 2.45) is 0 Å². The quantitative estimate of drug-likeness (QED) is 0.862. The van der Waals surface area contributed by atoms with Gasteiger partial charge in [-0.3, -0.25) is 0 Å². The number of hydrogen-bond donors (Lipinski definition) is 1. The highest BCUT2D eigenvalue weighted by Crippen LogP contribution is 2.20. The van der Waals surface area contributed by atoms with Crippen molar-refractivity contribution in [2.45, 2.75) is 33.7 Å². The van der Waals surface area contributed by atoms with Gasteiger partial charge >= 0.3 is 0 Å². The summed E-state index contributed by atoms with van der Waals surface area (Å²) >= 11 is 6.00. The fourth-order valence-electron chi connectivity index (χ4n) is 1.52. The lowest BCUT2D eigenvalue weighted by molar-refractivity contribution is 0.465. The van der Waals surface area contributed by atoms with Crippen LogP contribution in [0.25, 0.3) is 0 Å². The zero-order valence-corrected chi connectivity index (χ0v) is 11.4. The highest BCUT2D eigenvalue weighted by atomic mass is 35.5. The third-order valence-corrected chi connectivity index (χ3v) is 2.92. The van der Waals surface area contributed by atoms with Gasteiger partial charge in [0.1, 0.15) is 22.6 Å². The molecule has 0 radical (unpaired) electrons. The van der Waals surface area contributed by atoms with E-state index in [9.17, 15) is 0 Å². The number of aryl methyl sites for hydroxylation is 2. The van der Waals surface area contributed by atoms with Gasteiger partial charge < -0.3 is 9.73 Å². The van der Waals surface area contributed by atoms with Gasteiger partial charge in [-0.05, 0) is 13.8 Å². The Kier molecular flexibility index (Phi) is 3.81. The summed E-state index contributed by atoms with van der Waals surface area (Å²) in [5, 5.41) is 3.62. The molecule has 2 heterocycles. The molecule has 2 aromatic rings. The molecule has 0 aliphatic rings. The zero-order chi connectivity index (χ0) is 13.1. The lowest BCUT2D eigenvalue weighted by Gasteiger charge is -2.08. The molecular weight excluding hydrogens is 252 g/mol. The van der Waals surface area contributed by atoms with Crippen LogP contribution in [0.3, 0.4) is 0 Å². The molecule has 0 aliphatic carbocycles. The second kappa shape index (κ2) is 5.35. The van der Waals surface area contributed by atoms with E-state index in [2.05, 4.69) is 20.3 Å².